The highest BCUT2D eigenvalue weighted by Crippen LogP contribution is 2.30. The monoisotopic (exact) mass is 538 g/mol. The minimum Gasteiger partial charge on any atom is -0.496 e. The smallest absolute Gasteiger partial charge is 0.305 e. The fourth-order valence-electron chi connectivity index (χ4n) is 3.89. The summed E-state index contributed by atoms with van der Waals surface area (Å²) in [5, 5.41) is 4.33. The molecule has 0 fully saturated rings. The van der Waals surface area contributed by atoms with Crippen LogP contribution in [0.5, 0.6) is 5.75 Å². The van der Waals surface area contributed by atoms with Crippen LogP contribution in [-0.4, -0.2) is 30.5 Å². The van der Waals surface area contributed by atoms with Crippen molar-refractivity contribution in [3.63, 3.8) is 0 Å². The molecule has 0 saturated heterocycles. The van der Waals surface area contributed by atoms with Crippen molar-refractivity contribution in [2.24, 2.45) is 5.10 Å². The number of furan rings is 1. The second-order valence-electron chi connectivity index (χ2n) is 7.80. The minimum atomic E-state index is -0.588. The third kappa shape index (κ3) is 5.12. The maximum Gasteiger partial charge on any atom is 0.305 e. The van der Waals surface area contributed by atoms with Gasteiger partial charge in [0.2, 0.25) is 0 Å². The number of benzene rings is 2. The lowest BCUT2D eigenvalue weighted by Gasteiger charge is -2.14. The van der Waals surface area contributed by atoms with Gasteiger partial charge in [0, 0.05) is 22.0 Å². The minimum absolute atomic E-state index is 0.0769. The highest BCUT2D eigenvalue weighted by atomic mass is 79.9. The Morgan fingerprint density at radius 1 is 0.943 bits per heavy atom. The van der Waals surface area contributed by atoms with Crippen LogP contribution in [0.2, 0.25) is 0 Å². The molecule has 9 nitrogen and oxygen atoms in total. The molecule has 0 aliphatic heterocycles. The number of methoxy groups -OCH3 is 1. The number of carbonyl (C=O) groups excluding carboxylic acids is 3. The van der Waals surface area contributed by atoms with E-state index in [1.54, 1.807) is 55.5 Å². The molecular formula is C25H23BrN4O5. The molecule has 0 unspecified atom stereocenters. The van der Waals surface area contributed by atoms with E-state index >= 15 is 0 Å². The van der Waals surface area contributed by atoms with Crippen molar-refractivity contribution >= 4 is 39.4 Å². The number of carbonyl (C=O) groups is 3. The zero-order valence-corrected chi connectivity index (χ0v) is 20.7. The molecule has 10 heteroatoms. The molecule has 1 aromatic heterocycles. The Kier molecular flexibility index (Phi) is 7.31. The summed E-state index contributed by atoms with van der Waals surface area (Å²) in [7, 11) is 1.49. The van der Waals surface area contributed by atoms with E-state index in [0.717, 1.165) is 6.42 Å². The molecule has 3 aromatic rings. The Balaban J connectivity index is 1.50. The second-order valence-corrected chi connectivity index (χ2v) is 8.65. The molecule has 0 radical (unpaired) electrons. The van der Waals surface area contributed by atoms with E-state index in [1.165, 1.54) is 7.11 Å². The van der Waals surface area contributed by atoms with Gasteiger partial charge in [-0.3, -0.25) is 25.2 Å². The van der Waals surface area contributed by atoms with Crippen LogP contribution in [-0.2, 0) is 6.42 Å². The van der Waals surface area contributed by atoms with Gasteiger partial charge >= 0.3 is 5.91 Å². The zero-order chi connectivity index (χ0) is 24.9. The third-order valence-corrected chi connectivity index (χ3v) is 6.28. The standard InChI is InChI=1S/C25H23BrN4O5/c1-14-21-18(27-28-24(32)16-9-4-6-12-19(16)34-2)11-7-13-20(21)35-22(14)25(33)30-29-23(31)15-8-3-5-10-17(15)26/h3-6,8-10,12H,7,11,13H2,1-2H3,(H,28,32)(H,29,31)(H,30,33)/b27-18+. The van der Waals surface area contributed by atoms with Crippen molar-refractivity contribution in [3.8, 4) is 5.75 Å². The number of hydrazine groups is 1. The number of hydrazone groups is 1. The quantitative estimate of drug-likeness (QED) is 0.425. The number of hydrogen-bond acceptors (Lipinski definition) is 6. The summed E-state index contributed by atoms with van der Waals surface area (Å²) in [6, 6.07) is 13.7. The van der Waals surface area contributed by atoms with Crippen molar-refractivity contribution in [3.05, 3.63) is 86.8 Å². The average Bonchev–Trinajstić information content (AvgIpc) is 3.22. The molecule has 0 bridgehead atoms. The number of halogens is 1. The molecule has 3 N–H and O–H groups in total. The predicted octanol–water partition coefficient (Wildman–Crippen LogP) is 3.90. The van der Waals surface area contributed by atoms with E-state index in [1.807, 2.05) is 0 Å². The second kappa shape index (κ2) is 10.6. The number of para-hydroxylation sites is 1. The molecule has 1 aliphatic carbocycles. The van der Waals surface area contributed by atoms with Crippen LogP contribution in [0.4, 0.5) is 0 Å². The number of hydrogen-bond donors (Lipinski definition) is 3. The Morgan fingerprint density at radius 2 is 1.63 bits per heavy atom. The number of fused-ring (bicyclic) bond motifs is 1. The van der Waals surface area contributed by atoms with Crippen molar-refractivity contribution < 1.29 is 23.5 Å². The lowest BCUT2D eigenvalue weighted by Crippen LogP contribution is -2.41. The molecule has 0 saturated carbocycles. The van der Waals surface area contributed by atoms with Gasteiger partial charge < -0.3 is 9.15 Å². The summed E-state index contributed by atoms with van der Waals surface area (Å²) in [5.74, 6) is -0.334. The first-order valence-corrected chi connectivity index (χ1v) is 11.7. The Hall–Kier alpha value is -3.92. The molecule has 1 heterocycles. The maximum atomic E-state index is 12.8. The van der Waals surface area contributed by atoms with Gasteiger partial charge in [-0.25, -0.2) is 5.43 Å². The fourth-order valence-corrected chi connectivity index (χ4v) is 4.36. The number of amides is 3. The summed E-state index contributed by atoms with van der Waals surface area (Å²) in [4.78, 5) is 37.8. The molecule has 1 aliphatic rings. The molecule has 180 valence electrons. The normalized spacial score (nSPS) is 13.6. The molecule has 35 heavy (non-hydrogen) atoms. The van der Waals surface area contributed by atoms with E-state index in [2.05, 4.69) is 37.3 Å². The predicted molar refractivity (Wildman–Crippen MR) is 132 cm³/mol. The number of ether oxygens (including phenoxy) is 1. The first-order valence-electron chi connectivity index (χ1n) is 10.9. The van der Waals surface area contributed by atoms with E-state index in [4.69, 9.17) is 9.15 Å². The van der Waals surface area contributed by atoms with E-state index in [9.17, 15) is 14.4 Å². The van der Waals surface area contributed by atoms with Gasteiger partial charge in [0.25, 0.3) is 11.8 Å². The van der Waals surface area contributed by atoms with E-state index in [-0.39, 0.29) is 5.76 Å². The lowest BCUT2D eigenvalue weighted by atomic mass is 9.93. The molecule has 4 rings (SSSR count). The van der Waals surface area contributed by atoms with Crippen LogP contribution in [0, 0.1) is 6.92 Å². The van der Waals surface area contributed by atoms with Crippen LogP contribution < -0.4 is 21.0 Å². The van der Waals surface area contributed by atoms with Crippen LogP contribution in [0.15, 0.2) is 62.5 Å². The number of rotatable bonds is 5. The summed E-state index contributed by atoms with van der Waals surface area (Å²) in [6.07, 6.45) is 1.99. The lowest BCUT2D eigenvalue weighted by molar-refractivity contribution is 0.0829. The number of nitrogens with zero attached hydrogens (tertiary/aromatic N) is 1. The van der Waals surface area contributed by atoms with Gasteiger partial charge in [0.15, 0.2) is 5.76 Å². The van der Waals surface area contributed by atoms with Gasteiger partial charge in [-0.1, -0.05) is 24.3 Å². The highest BCUT2D eigenvalue weighted by Gasteiger charge is 2.28. The van der Waals surface area contributed by atoms with Crippen molar-refractivity contribution in [1.29, 1.82) is 0 Å². The molecular weight excluding hydrogens is 516 g/mol. The van der Waals surface area contributed by atoms with Crippen LogP contribution in [0.3, 0.4) is 0 Å². The van der Waals surface area contributed by atoms with E-state index < -0.39 is 17.7 Å². The Morgan fingerprint density at radius 3 is 2.37 bits per heavy atom. The highest BCUT2D eigenvalue weighted by molar-refractivity contribution is 9.10. The molecule has 3 amide bonds. The van der Waals surface area contributed by atoms with Gasteiger partial charge in [-0.15, -0.1) is 0 Å². The average molecular weight is 539 g/mol. The fraction of sp³-hybridized carbons (Fsp3) is 0.200. The number of nitrogens with one attached hydrogen (secondary N) is 3. The molecule has 0 spiro atoms. The first-order chi connectivity index (χ1) is 16.9. The molecule has 2 aromatic carbocycles. The maximum absolute atomic E-state index is 12.8. The van der Waals surface area contributed by atoms with Gasteiger partial charge in [0.05, 0.1) is 23.9 Å². The first kappa shape index (κ1) is 24.2. The Bertz CT molecular complexity index is 1330. The van der Waals surface area contributed by atoms with E-state index in [0.29, 0.717) is 56.8 Å². The molecule has 0 atom stereocenters. The van der Waals surface area contributed by atoms with Crippen LogP contribution in [0.1, 0.15) is 61.0 Å². The topological polar surface area (TPSA) is 122 Å². The van der Waals surface area contributed by atoms with Gasteiger partial charge in [-0.2, -0.15) is 5.10 Å². The summed E-state index contributed by atoms with van der Waals surface area (Å²) < 4.78 is 11.7. The summed E-state index contributed by atoms with van der Waals surface area (Å²) in [5.41, 5.74) is 10.0. The summed E-state index contributed by atoms with van der Waals surface area (Å²) >= 11 is 3.31. The Labute approximate surface area is 210 Å². The zero-order valence-electron chi connectivity index (χ0n) is 19.1. The van der Waals surface area contributed by atoms with Crippen molar-refractivity contribution in [2.75, 3.05) is 7.11 Å². The van der Waals surface area contributed by atoms with Gasteiger partial charge in [-0.05, 0) is 60.0 Å². The largest absolute Gasteiger partial charge is 0.496 e. The summed E-state index contributed by atoms with van der Waals surface area (Å²) in [6.45, 7) is 1.75. The third-order valence-electron chi connectivity index (χ3n) is 5.58. The van der Waals surface area contributed by atoms with Crippen LogP contribution in [0.25, 0.3) is 0 Å². The van der Waals surface area contributed by atoms with Crippen molar-refractivity contribution in [2.45, 2.75) is 26.2 Å². The van der Waals surface area contributed by atoms with Gasteiger partial charge in [0.1, 0.15) is 11.5 Å². The van der Waals surface area contributed by atoms with Crippen molar-refractivity contribution in [1.82, 2.24) is 16.3 Å². The number of aryl methyl sites for hydroxylation is 1. The van der Waals surface area contributed by atoms with Crippen LogP contribution >= 0.6 is 15.9 Å². The SMILES string of the molecule is COc1ccccc1C(=O)N/N=C1\CCCc2oc(C(=O)NNC(=O)c3ccccc3Br)c(C)c21.